The van der Waals surface area contributed by atoms with E-state index in [1.807, 2.05) is 24.3 Å². The normalized spacial score (nSPS) is 18.5. The lowest BCUT2D eigenvalue weighted by atomic mass is 9.67. The number of rotatable bonds is 9. The molecule has 2 aliphatic rings. The second-order valence-corrected chi connectivity index (χ2v) is 10.7. The number of carbonyl (C=O) groups is 2. The summed E-state index contributed by atoms with van der Waals surface area (Å²) < 4.78 is 13.5. The first kappa shape index (κ1) is 26.3. The van der Waals surface area contributed by atoms with E-state index in [9.17, 15) is 14.0 Å². The minimum Gasteiger partial charge on any atom is -0.356 e. The number of amides is 2. The Balaban J connectivity index is 1.19. The van der Waals surface area contributed by atoms with Crippen LogP contribution in [0.2, 0.25) is 0 Å². The first-order valence-corrected chi connectivity index (χ1v) is 13.6. The fourth-order valence-electron chi connectivity index (χ4n) is 6.06. The number of carbonyl (C=O) groups excluding carboxylic acids is 2. The van der Waals surface area contributed by atoms with E-state index in [1.165, 1.54) is 31.0 Å². The minimum atomic E-state index is -0.225. The van der Waals surface area contributed by atoms with Gasteiger partial charge in [0.2, 0.25) is 11.8 Å². The van der Waals surface area contributed by atoms with Crippen molar-refractivity contribution in [2.75, 3.05) is 31.5 Å². The van der Waals surface area contributed by atoms with Gasteiger partial charge in [0.1, 0.15) is 5.82 Å². The average Bonchev–Trinajstić information content (AvgIpc) is 2.88. The summed E-state index contributed by atoms with van der Waals surface area (Å²) in [6.45, 7) is 5.32. The number of halogens is 1. The summed E-state index contributed by atoms with van der Waals surface area (Å²) in [5.74, 6) is 0.363. The van der Waals surface area contributed by atoms with Gasteiger partial charge in [-0.15, -0.1) is 0 Å². The third-order valence-electron chi connectivity index (χ3n) is 8.01. The number of nitrogens with zero attached hydrogens (tertiary/aromatic N) is 1. The summed E-state index contributed by atoms with van der Waals surface area (Å²) in [5.41, 5.74) is 3.11. The van der Waals surface area contributed by atoms with Crippen LogP contribution in [0.15, 0.2) is 48.5 Å². The third kappa shape index (κ3) is 7.16. The second kappa shape index (κ2) is 12.5. The van der Waals surface area contributed by atoms with Gasteiger partial charge in [0.05, 0.1) is 0 Å². The Morgan fingerprint density at radius 3 is 2.44 bits per heavy atom. The number of nitrogens with one attached hydrogen (secondary N) is 2. The van der Waals surface area contributed by atoms with Crippen molar-refractivity contribution in [3.63, 3.8) is 0 Å². The molecule has 1 aliphatic carbocycles. The predicted octanol–water partition coefficient (Wildman–Crippen LogP) is 5.76. The van der Waals surface area contributed by atoms with Gasteiger partial charge in [-0.3, -0.25) is 9.59 Å². The van der Waals surface area contributed by atoms with Crippen molar-refractivity contribution in [1.82, 2.24) is 10.2 Å². The van der Waals surface area contributed by atoms with E-state index in [4.69, 9.17) is 0 Å². The van der Waals surface area contributed by atoms with E-state index in [0.29, 0.717) is 18.9 Å². The molecule has 2 aromatic carbocycles. The third-order valence-corrected chi connectivity index (χ3v) is 8.01. The predicted molar refractivity (Wildman–Crippen MR) is 143 cm³/mol. The summed E-state index contributed by atoms with van der Waals surface area (Å²) in [7, 11) is 0. The van der Waals surface area contributed by atoms with E-state index in [1.54, 1.807) is 0 Å². The molecule has 194 valence electrons. The zero-order valence-corrected chi connectivity index (χ0v) is 21.5. The molecule has 6 heteroatoms. The van der Waals surface area contributed by atoms with Gasteiger partial charge < -0.3 is 15.5 Å². The summed E-state index contributed by atoms with van der Waals surface area (Å²) in [6, 6.07) is 15.0. The van der Waals surface area contributed by atoms with E-state index < -0.39 is 0 Å². The van der Waals surface area contributed by atoms with Crippen LogP contribution < -0.4 is 10.6 Å². The molecule has 2 aromatic rings. The van der Waals surface area contributed by atoms with Crippen molar-refractivity contribution in [2.45, 2.75) is 76.0 Å². The lowest BCUT2D eigenvalue weighted by molar-refractivity contribution is -0.122. The molecule has 0 bridgehead atoms. The maximum atomic E-state index is 13.5. The van der Waals surface area contributed by atoms with Crippen LogP contribution in [0.4, 0.5) is 10.1 Å². The van der Waals surface area contributed by atoms with Crippen molar-refractivity contribution >= 4 is 17.5 Å². The molecular weight excluding hydrogens is 453 g/mol. The highest BCUT2D eigenvalue weighted by Gasteiger charge is 2.36. The minimum absolute atomic E-state index is 0.0431. The maximum absolute atomic E-state index is 13.5. The Bertz CT molecular complexity index is 1010. The number of anilines is 1. The fourth-order valence-corrected chi connectivity index (χ4v) is 6.06. The molecule has 1 heterocycles. The highest BCUT2D eigenvalue weighted by Crippen LogP contribution is 2.42. The van der Waals surface area contributed by atoms with Gasteiger partial charge in [-0.25, -0.2) is 4.39 Å². The topological polar surface area (TPSA) is 61.4 Å². The highest BCUT2D eigenvalue weighted by molar-refractivity contribution is 5.88. The van der Waals surface area contributed by atoms with Gasteiger partial charge in [-0.05, 0) is 93.0 Å². The molecule has 0 unspecified atom stereocenters. The Kier molecular flexibility index (Phi) is 9.13. The van der Waals surface area contributed by atoms with Gasteiger partial charge >= 0.3 is 0 Å². The van der Waals surface area contributed by atoms with Crippen LogP contribution >= 0.6 is 0 Å². The molecule has 0 atom stereocenters. The lowest BCUT2D eigenvalue weighted by Crippen LogP contribution is -2.38. The number of benzene rings is 2. The van der Waals surface area contributed by atoms with Crippen LogP contribution in [0.1, 0.15) is 81.8 Å². The van der Waals surface area contributed by atoms with Gasteiger partial charge in [0.25, 0.3) is 0 Å². The second-order valence-electron chi connectivity index (χ2n) is 10.7. The van der Waals surface area contributed by atoms with Crippen LogP contribution in [0.3, 0.4) is 0 Å². The molecule has 2 amide bonds. The molecule has 4 rings (SSSR count). The van der Waals surface area contributed by atoms with Crippen molar-refractivity contribution in [3.05, 3.63) is 65.5 Å². The van der Waals surface area contributed by atoms with Crippen molar-refractivity contribution in [2.24, 2.45) is 0 Å². The summed E-state index contributed by atoms with van der Waals surface area (Å²) in [4.78, 5) is 26.7. The SMILES string of the molecule is CC(=O)Nc1cccc(C2CCN(CCCNC(=O)CC3(c4ccc(F)cc4)CCCCC3)CC2)c1. The van der Waals surface area contributed by atoms with Gasteiger partial charge in [0.15, 0.2) is 0 Å². The maximum Gasteiger partial charge on any atom is 0.221 e. The fraction of sp³-hybridized carbons (Fsp3) is 0.533. The monoisotopic (exact) mass is 493 g/mol. The molecule has 5 nitrogen and oxygen atoms in total. The van der Waals surface area contributed by atoms with Crippen molar-refractivity contribution in [1.29, 1.82) is 0 Å². The highest BCUT2D eigenvalue weighted by atomic mass is 19.1. The van der Waals surface area contributed by atoms with Crippen molar-refractivity contribution in [3.8, 4) is 0 Å². The van der Waals surface area contributed by atoms with Crippen LogP contribution in [-0.4, -0.2) is 42.9 Å². The molecule has 36 heavy (non-hydrogen) atoms. The van der Waals surface area contributed by atoms with Gasteiger partial charge in [-0.1, -0.05) is 43.5 Å². The van der Waals surface area contributed by atoms with Gasteiger partial charge in [-0.2, -0.15) is 0 Å². The number of likely N-dealkylation sites (tertiary alicyclic amines) is 1. The molecule has 0 radical (unpaired) electrons. The van der Waals surface area contributed by atoms with E-state index >= 15 is 0 Å². The standard InChI is InChI=1S/C30H40FN3O2/c1-23(35)33-28-8-5-7-25(21-28)24-13-19-34(20-14-24)18-6-17-32-29(36)22-30(15-3-2-4-16-30)26-9-11-27(31)12-10-26/h5,7-12,21,24H,2-4,6,13-20,22H2,1H3,(H,32,36)(H,33,35). The number of hydrogen-bond acceptors (Lipinski definition) is 3. The first-order valence-electron chi connectivity index (χ1n) is 13.6. The molecule has 2 fully saturated rings. The molecule has 2 N–H and O–H groups in total. The van der Waals surface area contributed by atoms with E-state index in [0.717, 1.165) is 75.8 Å². The Morgan fingerprint density at radius 2 is 1.75 bits per heavy atom. The largest absolute Gasteiger partial charge is 0.356 e. The van der Waals surface area contributed by atoms with Crippen LogP contribution in [0.5, 0.6) is 0 Å². The smallest absolute Gasteiger partial charge is 0.221 e. The molecule has 1 saturated carbocycles. The van der Waals surface area contributed by atoms with Crippen molar-refractivity contribution < 1.29 is 14.0 Å². The summed E-state index contributed by atoms with van der Waals surface area (Å²) in [6.07, 6.45) is 9.09. The average molecular weight is 494 g/mol. The molecule has 1 saturated heterocycles. The summed E-state index contributed by atoms with van der Waals surface area (Å²) >= 11 is 0. The van der Waals surface area contributed by atoms with E-state index in [2.05, 4.69) is 27.7 Å². The number of hydrogen-bond donors (Lipinski definition) is 2. The Labute approximate surface area is 214 Å². The quantitative estimate of drug-likeness (QED) is 0.437. The molecular formula is C30H40FN3O2. The lowest BCUT2D eigenvalue weighted by Gasteiger charge is -2.37. The van der Waals surface area contributed by atoms with Crippen LogP contribution in [0, 0.1) is 5.82 Å². The van der Waals surface area contributed by atoms with Crippen LogP contribution in [0.25, 0.3) is 0 Å². The van der Waals surface area contributed by atoms with Crippen LogP contribution in [-0.2, 0) is 15.0 Å². The first-order chi connectivity index (χ1) is 17.4. The zero-order chi connectivity index (χ0) is 25.4. The molecule has 1 aliphatic heterocycles. The van der Waals surface area contributed by atoms with Gasteiger partial charge in [0, 0.05) is 31.0 Å². The molecule has 0 aromatic heterocycles. The number of piperidine rings is 1. The zero-order valence-electron chi connectivity index (χ0n) is 21.5. The molecule has 0 spiro atoms. The van der Waals surface area contributed by atoms with E-state index in [-0.39, 0.29) is 23.0 Å². The summed E-state index contributed by atoms with van der Waals surface area (Å²) in [5, 5.41) is 6.03. The Hall–Kier alpha value is -2.73. The Morgan fingerprint density at radius 1 is 1.03 bits per heavy atom.